The van der Waals surface area contributed by atoms with E-state index < -0.39 is 0 Å². The molecule has 0 fully saturated rings. The molecule has 0 bridgehead atoms. The number of ether oxygens (including phenoxy) is 1. The summed E-state index contributed by atoms with van der Waals surface area (Å²) in [5, 5.41) is 3.06. The third kappa shape index (κ3) is 4.97. The second-order valence-electron chi connectivity index (χ2n) is 6.42. The van der Waals surface area contributed by atoms with Crippen LogP contribution in [0.5, 0.6) is 5.75 Å². The molecule has 1 N–H and O–H groups in total. The number of carbonyl (C=O) groups is 1. The number of rotatable bonds is 6. The molecule has 128 valence electrons. The lowest BCUT2D eigenvalue weighted by Gasteiger charge is -2.20. The van der Waals surface area contributed by atoms with Gasteiger partial charge in [-0.05, 0) is 63.8 Å². The van der Waals surface area contributed by atoms with Crippen LogP contribution in [0.3, 0.4) is 0 Å². The molecule has 0 aliphatic heterocycles. The van der Waals surface area contributed by atoms with Crippen molar-refractivity contribution < 1.29 is 9.53 Å². The Kier molecular flexibility index (Phi) is 6.66. The van der Waals surface area contributed by atoms with Gasteiger partial charge < -0.3 is 10.1 Å². The highest BCUT2D eigenvalue weighted by molar-refractivity contribution is 14.1. The highest BCUT2D eigenvalue weighted by Crippen LogP contribution is 2.32. The number of para-hydroxylation sites is 1. The number of amides is 1. The summed E-state index contributed by atoms with van der Waals surface area (Å²) in [6.45, 7) is 8.55. The quantitative estimate of drug-likeness (QED) is 0.602. The molecule has 2 aromatic rings. The van der Waals surface area contributed by atoms with E-state index in [1.165, 1.54) is 0 Å². The monoisotopic (exact) mass is 437 g/mol. The van der Waals surface area contributed by atoms with Crippen molar-refractivity contribution in [2.24, 2.45) is 0 Å². The minimum absolute atomic E-state index is 0.00403. The zero-order valence-corrected chi connectivity index (χ0v) is 16.8. The van der Waals surface area contributed by atoms with Gasteiger partial charge in [0.05, 0.1) is 0 Å². The summed E-state index contributed by atoms with van der Waals surface area (Å²) in [4.78, 5) is 12.4. The average Bonchev–Trinajstić information content (AvgIpc) is 2.52. The third-order valence-electron chi connectivity index (χ3n) is 3.80. The van der Waals surface area contributed by atoms with Crippen LogP contribution in [0.25, 0.3) is 0 Å². The van der Waals surface area contributed by atoms with Crippen LogP contribution in [0.2, 0.25) is 0 Å². The van der Waals surface area contributed by atoms with Gasteiger partial charge >= 0.3 is 0 Å². The van der Waals surface area contributed by atoms with Gasteiger partial charge in [-0.15, -0.1) is 0 Å². The molecule has 0 aliphatic carbocycles. The van der Waals surface area contributed by atoms with Crippen molar-refractivity contribution in [3.8, 4) is 5.75 Å². The van der Waals surface area contributed by atoms with E-state index >= 15 is 0 Å². The molecule has 0 saturated heterocycles. The van der Waals surface area contributed by atoms with Gasteiger partial charge in [-0.2, -0.15) is 0 Å². The van der Waals surface area contributed by atoms with Crippen molar-refractivity contribution in [2.45, 2.75) is 39.5 Å². The summed E-state index contributed by atoms with van der Waals surface area (Å²) in [5.74, 6) is 1.26. The largest absolute Gasteiger partial charge is 0.484 e. The second kappa shape index (κ2) is 8.51. The van der Waals surface area contributed by atoms with Gasteiger partial charge in [0.25, 0.3) is 5.91 Å². The molecule has 0 aliphatic rings. The van der Waals surface area contributed by atoms with Gasteiger partial charge in [0.2, 0.25) is 0 Å². The van der Waals surface area contributed by atoms with Crippen LogP contribution in [0, 0.1) is 3.57 Å². The number of carbonyl (C=O) groups excluding carboxylic acids is 1. The number of hydrogen-bond acceptors (Lipinski definition) is 2. The maximum absolute atomic E-state index is 12.4. The van der Waals surface area contributed by atoms with Gasteiger partial charge in [-0.25, -0.2) is 0 Å². The van der Waals surface area contributed by atoms with Crippen LogP contribution in [0.4, 0.5) is 5.69 Å². The molecular formula is C20H24INO2. The normalized spacial score (nSPS) is 11.0. The second-order valence-corrected chi connectivity index (χ2v) is 7.66. The predicted octanol–water partition coefficient (Wildman–Crippen LogP) is 5.56. The smallest absolute Gasteiger partial charge is 0.262 e. The summed E-state index contributed by atoms with van der Waals surface area (Å²) >= 11 is 2.22. The van der Waals surface area contributed by atoms with Crippen LogP contribution >= 0.6 is 22.6 Å². The first-order valence-electron chi connectivity index (χ1n) is 8.19. The fourth-order valence-electron chi connectivity index (χ4n) is 2.58. The van der Waals surface area contributed by atoms with Crippen LogP contribution in [-0.4, -0.2) is 12.5 Å². The fraction of sp³-hybridized carbons (Fsp3) is 0.350. The molecular weight excluding hydrogens is 413 g/mol. The molecule has 0 heterocycles. The van der Waals surface area contributed by atoms with Crippen molar-refractivity contribution in [1.82, 2.24) is 0 Å². The summed E-state index contributed by atoms with van der Waals surface area (Å²) < 4.78 is 6.69. The Morgan fingerprint density at radius 2 is 1.62 bits per heavy atom. The molecule has 3 nitrogen and oxygen atoms in total. The SMILES string of the molecule is CC(C)c1cccc(C(C)C)c1NC(=O)COc1cccc(I)c1. The maximum Gasteiger partial charge on any atom is 0.262 e. The summed E-state index contributed by atoms with van der Waals surface area (Å²) in [6.07, 6.45) is 0. The summed E-state index contributed by atoms with van der Waals surface area (Å²) in [6, 6.07) is 13.9. The zero-order valence-electron chi connectivity index (χ0n) is 14.6. The predicted molar refractivity (Wildman–Crippen MR) is 108 cm³/mol. The van der Waals surface area contributed by atoms with Gasteiger partial charge in [0.15, 0.2) is 6.61 Å². The molecule has 0 saturated carbocycles. The van der Waals surface area contributed by atoms with Crippen molar-refractivity contribution in [3.63, 3.8) is 0 Å². The maximum atomic E-state index is 12.4. The fourth-order valence-corrected chi connectivity index (χ4v) is 3.09. The van der Waals surface area contributed by atoms with Crippen molar-refractivity contribution in [1.29, 1.82) is 0 Å². The highest BCUT2D eigenvalue weighted by atomic mass is 127. The number of benzene rings is 2. The minimum atomic E-state index is -0.135. The van der Waals surface area contributed by atoms with Gasteiger partial charge in [-0.3, -0.25) is 4.79 Å². The number of hydrogen-bond donors (Lipinski definition) is 1. The van der Waals surface area contributed by atoms with Crippen LogP contribution in [0.1, 0.15) is 50.7 Å². The Bertz CT molecular complexity index is 684. The lowest BCUT2D eigenvalue weighted by Crippen LogP contribution is -2.22. The van der Waals surface area contributed by atoms with Gasteiger partial charge in [0, 0.05) is 9.26 Å². The Labute approximate surface area is 157 Å². The average molecular weight is 437 g/mol. The Hall–Kier alpha value is -1.56. The van der Waals surface area contributed by atoms with Gasteiger partial charge in [-0.1, -0.05) is 52.0 Å². The summed E-state index contributed by atoms with van der Waals surface area (Å²) in [7, 11) is 0. The van der Waals surface area contributed by atoms with E-state index in [0.29, 0.717) is 17.6 Å². The molecule has 1 amide bonds. The first-order valence-corrected chi connectivity index (χ1v) is 9.27. The molecule has 2 rings (SSSR count). The molecule has 24 heavy (non-hydrogen) atoms. The van der Waals surface area contributed by atoms with Gasteiger partial charge in [0.1, 0.15) is 5.75 Å². The number of nitrogens with one attached hydrogen (secondary N) is 1. The zero-order chi connectivity index (χ0) is 17.7. The lowest BCUT2D eigenvalue weighted by atomic mass is 9.92. The molecule has 0 unspecified atom stereocenters. The van der Waals surface area contributed by atoms with E-state index in [1.807, 2.05) is 24.3 Å². The minimum Gasteiger partial charge on any atom is -0.484 e. The molecule has 4 heteroatoms. The van der Waals surface area contributed by atoms with Crippen LogP contribution in [0.15, 0.2) is 42.5 Å². The topological polar surface area (TPSA) is 38.3 Å². The number of halogens is 1. The Morgan fingerprint density at radius 3 is 2.17 bits per heavy atom. The molecule has 2 aromatic carbocycles. The Balaban J connectivity index is 2.13. The third-order valence-corrected chi connectivity index (χ3v) is 4.47. The molecule has 0 atom stereocenters. The van der Waals surface area contributed by atoms with Crippen molar-refractivity contribution >= 4 is 34.2 Å². The van der Waals surface area contributed by atoms with E-state index in [2.05, 4.69) is 73.8 Å². The van der Waals surface area contributed by atoms with E-state index in [4.69, 9.17) is 4.74 Å². The molecule has 0 radical (unpaired) electrons. The van der Waals surface area contributed by atoms with Crippen molar-refractivity contribution in [3.05, 3.63) is 57.2 Å². The Morgan fingerprint density at radius 1 is 1.04 bits per heavy atom. The highest BCUT2D eigenvalue weighted by Gasteiger charge is 2.16. The van der Waals surface area contributed by atoms with E-state index in [0.717, 1.165) is 20.4 Å². The van der Waals surface area contributed by atoms with Crippen LogP contribution < -0.4 is 10.1 Å². The van der Waals surface area contributed by atoms with E-state index in [9.17, 15) is 4.79 Å². The first-order chi connectivity index (χ1) is 11.4. The standard InChI is InChI=1S/C20H24INO2/c1-13(2)17-9-6-10-18(14(3)4)20(17)22-19(23)12-24-16-8-5-7-15(21)11-16/h5-11,13-14H,12H2,1-4H3,(H,22,23). The van der Waals surface area contributed by atoms with Crippen molar-refractivity contribution in [2.75, 3.05) is 11.9 Å². The molecule has 0 spiro atoms. The molecule has 0 aromatic heterocycles. The van der Waals surface area contributed by atoms with Crippen LogP contribution in [-0.2, 0) is 4.79 Å². The number of anilines is 1. The lowest BCUT2D eigenvalue weighted by molar-refractivity contribution is -0.118. The van der Waals surface area contributed by atoms with E-state index in [-0.39, 0.29) is 12.5 Å². The first kappa shape index (κ1) is 18.8. The summed E-state index contributed by atoms with van der Waals surface area (Å²) in [5.41, 5.74) is 3.24. The van der Waals surface area contributed by atoms with E-state index in [1.54, 1.807) is 0 Å².